The molecule has 0 atom stereocenters. The van der Waals surface area contributed by atoms with Crippen LogP contribution in [0.25, 0.3) is 0 Å². The molecule has 7 nitrogen and oxygen atoms in total. The second kappa shape index (κ2) is 3.97. The Labute approximate surface area is 92.3 Å². The second-order valence-corrected chi connectivity index (χ2v) is 4.80. The van der Waals surface area contributed by atoms with Crippen LogP contribution in [0.2, 0.25) is 0 Å². The molecule has 0 fully saturated rings. The summed E-state index contributed by atoms with van der Waals surface area (Å²) < 4.78 is 26.0. The lowest BCUT2D eigenvalue weighted by Gasteiger charge is -2.04. The first kappa shape index (κ1) is 10.7. The molecule has 0 bridgehead atoms. The molecule has 0 amide bonds. The minimum absolute atomic E-state index is 0.0177. The van der Waals surface area contributed by atoms with Crippen molar-refractivity contribution in [3.05, 3.63) is 24.0 Å². The molecule has 3 N–H and O–H groups in total. The summed E-state index contributed by atoms with van der Waals surface area (Å²) in [6.07, 6.45) is 3.66. The lowest BCUT2D eigenvalue weighted by Crippen LogP contribution is -2.14. The molecule has 2 heterocycles. The highest BCUT2D eigenvalue weighted by atomic mass is 32.2. The van der Waals surface area contributed by atoms with Crippen molar-refractivity contribution in [3.8, 4) is 0 Å². The van der Waals surface area contributed by atoms with Crippen LogP contribution in [-0.4, -0.2) is 28.8 Å². The van der Waals surface area contributed by atoms with E-state index in [-0.39, 0.29) is 5.03 Å². The van der Waals surface area contributed by atoms with E-state index in [1.54, 1.807) is 6.20 Å². The van der Waals surface area contributed by atoms with Crippen molar-refractivity contribution in [1.29, 1.82) is 0 Å². The average molecular weight is 241 g/mol. The van der Waals surface area contributed by atoms with E-state index in [4.69, 9.17) is 0 Å². The van der Waals surface area contributed by atoms with Crippen LogP contribution in [0.5, 0.6) is 0 Å². The highest BCUT2D eigenvalue weighted by Gasteiger charge is 2.17. The van der Waals surface area contributed by atoms with Gasteiger partial charge in [0.25, 0.3) is 10.0 Å². The molecular weight excluding hydrogens is 230 g/mol. The van der Waals surface area contributed by atoms with Crippen LogP contribution < -0.4 is 4.72 Å². The molecule has 0 aliphatic rings. The van der Waals surface area contributed by atoms with E-state index in [0.717, 1.165) is 5.56 Å². The molecule has 0 aromatic carbocycles. The van der Waals surface area contributed by atoms with Gasteiger partial charge in [-0.15, -0.1) is 0 Å². The first-order valence-corrected chi connectivity index (χ1v) is 6.16. The number of H-pyrrole nitrogens is 2. The summed E-state index contributed by atoms with van der Waals surface area (Å²) >= 11 is 0. The first-order chi connectivity index (χ1) is 7.63. The van der Waals surface area contributed by atoms with Gasteiger partial charge >= 0.3 is 0 Å². The lowest BCUT2D eigenvalue weighted by molar-refractivity contribution is 0.597. The molecule has 0 radical (unpaired) electrons. The fourth-order valence-corrected chi connectivity index (χ4v) is 2.22. The largest absolute Gasteiger partial charge is 0.279 e. The molecule has 2 aromatic heterocycles. The van der Waals surface area contributed by atoms with Crippen molar-refractivity contribution < 1.29 is 8.42 Å². The topological polar surface area (TPSA) is 104 Å². The highest BCUT2D eigenvalue weighted by molar-refractivity contribution is 7.92. The minimum atomic E-state index is -3.61. The van der Waals surface area contributed by atoms with E-state index < -0.39 is 10.0 Å². The van der Waals surface area contributed by atoms with Gasteiger partial charge in [0.2, 0.25) is 0 Å². The molecular formula is C8H11N5O2S. The molecule has 2 aromatic rings. The summed E-state index contributed by atoms with van der Waals surface area (Å²) in [7, 11) is -3.61. The number of anilines is 1. The monoisotopic (exact) mass is 241 g/mol. The smallest absolute Gasteiger partial charge is 0.266 e. The number of aryl methyl sites for hydroxylation is 1. The molecule has 0 unspecified atom stereocenters. The van der Waals surface area contributed by atoms with E-state index in [1.165, 1.54) is 12.3 Å². The van der Waals surface area contributed by atoms with E-state index in [0.29, 0.717) is 12.2 Å². The van der Waals surface area contributed by atoms with Crippen LogP contribution in [-0.2, 0) is 16.4 Å². The average Bonchev–Trinajstić information content (AvgIpc) is 2.86. The van der Waals surface area contributed by atoms with Gasteiger partial charge in [0.15, 0.2) is 5.03 Å². The number of aromatic nitrogens is 4. The van der Waals surface area contributed by atoms with Gasteiger partial charge in [-0.05, 0) is 12.5 Å². The quantitative estimate of drug-likeness (QED) is 0.724. The number of nitrogens with zero attached hydrogens (tertiary/aromatic N) is 2. The molecule has 0 aliphatic heterocycles. The number of sulfonamides is 1. The predicted octanol–water partition coefficient (Wildman–Crippen LogP) is 0.496. The Balaban J connectivity index is 2.29. The van der Waals surface area contributed by atoms with Crippen molar-refractivity contribution in [1.82, 2.24) is 20.4 Å². The van der Waals surface area contributed by atoms with Crippen LogP contribution in [0.3, 0.4) is 0 Å². The van der Waals surface area contributed by atoms with Crippen molar-refractivity contribution in [2.24, 2.45) is 0 Å². The summed E-state index contributed by atoms with van der Waals surface area (Å²) in [4.78, 5) is 0. The van der Waals surface area contributed by atoms with Gasteiger partial charge in [0, 0.05) is 5.56 Å². The zero-order valence-corrected chi connectivity index (χ0v) is 9.37. The van der Waals surface area contributed by atoms with Gasteiger partial charge in [0.05, 0.1) is 12.4 Å². The normalized spacial score (nSPS) is 11.6. The predicted molar refractivity (Wildman–Crippen MR) is 57.4 cm³/mol. The molecule has 16 heavy (non-hydrogen) atoms. The van der Waals surface area contributed by atoms with E-state index in [2.05, 4.69) is 25.1 Å². The fourth-order valence-electron chi connectivity index (χ4n) is 1.25. The van der Waals surface area contributed by atoms with Crippen molar-refractivity contribution in [2.45, 2.75) is 18.4 Å². The van der Waals surface area contributed by atoms with Gasteiger partial charge in [0.1, 0.15) is 5.82 Å². The van der Waals surface area contributed by atoms with Gasteiger partial charge in [-0.3, -0.25) is 14.9 Å². The van der Waals surface area contributed by atoms with E-state index >= 15 is 0 Å². The maximum Gasteiger partial charge on any atom is 0.279 e. The molecule has 86 valence electrons. The Morgan fingerprint density at radius 1 is 1.38 bits per heavy atom. The van der Waals surface area contributed by atoms with Crippen LogP contribution in [0.4, 0.5) is 5.82 Å². The summed E-state index contributed by atoms with van der Waals surface area (Å²) in [5, 5.41) is 12.4. The summed E-state index contributed by atoms with van der Waals surface area (Å²) in [5.74, 6) is 0.386. The Morgan fingerprint density at radius 3 is 2.81 bits per heavy atom. The third-order valence-electron chi connectivity index (χ3n) is 2.10. The zero-order valence-electron chi connectivity index (χ0n) is 8.56. The van der Waals surface area contributed by atoms with Gasteiger partial charge in [-0.1, -0.05) is 6.92 Å². The molecule has 0 saturated carbocycles. The third kappa shape index (κ3) is 1.91. The standard InChI is InChI=1S/C8H11N5O2S/c1-2-6-5-10-12-8(6)13-16(14,15)7-3-4-9-11-7/h3-5H,2H2,1H3,(H,9,11)(H2,10,12,13). The molecule has 8 heteroatoms. The number of hydrogen-bond acceptors (Lipinski definition) is 4. The molecule has 0 saturated heterocycles. The maximum absolute atomic E-state index is 11.8. The van der Waals surface area contributed by atoms with Crippen molar-refractivity contribution >= 4 is 15.8 Å². The Bertz CT molecular complexity index is 557. The van der Waals surface area contributed by atoms with E-state index in [1.807, 2.05) is 6.92 Å². The van der Waals surface area contributed by atoms with Crippen LogP contribution in [0, 0.1) is 0 Å². The number of hydrogen-bond donors (Lipinski definition) is 3. The molecule has 0 aliphatic carbocycles. The van der Waals surface area contributed by atoms with Crippen molar-refractivity contribution in [2.75, 3.05) is 4.72 Å². The Hall–Kier alpha value is -1.83. The Morgan fingerprint density at radius 2 is 2.19 bits per heavy atom. The fraction of sp³-hybridized carbons (Fsp3) is 0.250. The SMILES string of the molecule is CCc1cn[nH]c1NS(=O)(=O)c1ccn[nH]1. The Kier molecular flexibility index (Phi) is 2.65. The van der Waals surface area contributed by atoms with E-state index in [9.17, 15) is 8.42 Å². The summed E-state index contributed by atoms with van der Waals surface area (Å²) in [6.45, 7) is 1.92. The summed E-state index contributed by atoms with van der Waals surface area (Å²) in [5.41, 5.74) is 0.808. The van der Waals surface area contributed by atoms with Crippen molar-refractivity contribution in [3.63, 3.8) is 0 Å². The maximum atomic E-state index is 11.8. The molecule has 2 rings (SSSR count). The lowest BCUT2D eigenvalue weighted by atomic mass is 10.3. The van der Waals surface area contributed by atoms with Gasteiger partial charge in [-0.25, -0.2) is 0 Å². The zero-order chi connectivity index (χ0) is 11.6. The first-order valence-electron chi connectivity index (χ1n) is 4.68. The number of nitrogens with one attached hydrogen (secondary N) is 3. The molecule has 0 spiro atoms. The van der Waals surface area contributed by atoms with Crippen LogP contribution in [0.1, 0.15) is 12.5 Å². The van der Waals surface area contributed by atoms with Gasteiger partial charge < -0.3 is 0 Å². The number of rotatable bonds is 4. The third-order valence-corrected chi connectivity index (χ3v) is 3.38. The van der Waals surface area contributed by atoms with Crippen LogP contribution in [0.15, 0.2) is 23.5 Å². The number of aromatic amines is 2. The van der Waals surface area contributed by atoms with Gasteiger partial charge in [-0.2, -0.15) is 18.6 Å². The second-order valence-electron chi connectivity index (χ2n) is 3.15. The van der Waals surface area contributed by atoms with Crippen LogP contribution >= 0.6 is 0 Å². The summed E-state index contributed by atoms with van der Waals surface area (Å²) in [6, 6.07) is 1.38. The highest BCUT2D eigenvalue weighted by Crippen LogP contribution is 2.15. The minimum Gasteiger partial charge on any atom is -0.266 e.